The summed E-state index contributed by atoms with van der Waals surface area (Å²) in [7, 11) is -4.02. The SMILES string of the molecule is CC(C)c1cc(S(=O)(=O)CC[C@H](C)c2ccc(SN)cc2C(F)(F)F)ccc1C(F)(F)F. The summed E-state index contributed by atoms with van der Waals surface area (Å²) in [6.45, 7) is 4.51. The van der Waals surface area contributed by atoms with Crippen LogP contribution in [0.5, 0.6) is 0 Å². The van der Waals surface area contributed by atoms with Gasteiger partial charge in [-0.2, -0.15) is 26.3 Å². The minimum absolute atomic E-state index is 0.0687. The number of sulfone groups is 1. The summed E-state index contributed by atoms with van der Waals surface area (Å²) in [6.07, 6.45) is -9.41. The number of hydrogen-bond acceptors (Lipinski definition) is 4. The first-order chi connectivity index (χ1) is 14.6. The summed E-state index contributed by atoms with van der Waals surface area (Å²) in [5, 5.41) is 5.34. The molecule has 0 aliphatic rings. The Morgan fingerprint density at radius 3 is 1.97 bits per heavy atom. The highest BCUT2D eigenvalue weighted by molar-refractivity contribution is 7.97. The molecule has 1 atom stereocenters. The van der Waals surface area contributed by atoms with E-state index in [-0.39, 0.29) is 27.3 Å². The molecular weight excluding hydrogens is 476 g/mol. The molecule has 0 aromatic heterocycles. The van der Waals surface area contributed by atoms with Crippen molar-refractivity contribution in [3.63, 3.8) is 0 Å². The minimum Gasteiger partial charge on any atom is -0.274 e. The molecule has 3 nitrogen and oxygen atoms in total. The molecule has 2 rings (SSSR count). The Hall–Kier alpha value is -1.72. The van der Waals surface area contributed by atoms with Crippen LogP contribution >= 0.6 is 11.9 Å². The Kier molecular flexibility index (Phi) is 7.99. The second kappa shape index (κ2) is 9.64. The quantitative estimate of drug-likeness (QED) is 0.337. The summed E-state index contributed by atoms with van der Waals surface area (Å²) in [4.78, 5) is -0.0702. The lowest BCUT2D eigenvalue weighted by Gasteiger charge is -2.20. The standard InChI is InChI=1S/C21H23F6NO2S2/c1-12(2)17-11-15(5-7-18(17)20(22,23)24)32(29,30)9-8-13(3)16-6-4-14(31-28)10-19(16)21(25,26)27/h4-7,10-13H,8-9,28H2,1-3H3/t13-/m0/s1. The molecule has 2 aromatic carbocycles. The molecule has 0 aliphatic carbocycles. The largest absolute Gasteiger partial charge is 0.416 e. The Bertz CT molecular complexity index is 1060. The van der Waals surface area contributed by atoms with E-state index in [1.807, 2.05) is 0 Å². The number of benzene rings is 2. The summed E-state index contributed by atoms with van der Waals surface area (Å²) in [6, 6.07) is 6.23. The average molecular weight is 500 g/mol. The van der Waals surface area contributed by atoms with Gasteiger partial charge in [-0.3, -0.25) is 5.14 Å². The van der Waals surface area contributed by atoms with Gasteiger partial charge in [0, 0.05) is 4.90 Å². The van der Waals surface area contributed by atoms with Gasteiger partial charge in [0.25, 0.3) is 0 Å². The Morgan fingerprint density at radius 1 is 0.875 bits per heavy atom. The maximum absolute atomic E-state index is 13.5. The molecule has 2 aromatic rings. The molecule has 0 unspecified atom stereocenters. The summed E-state index contributed by atoms with van der Waals surface area (Å²) in [5.74, 6) is -1.85. The van der Waals surface area contributed by atoms with Crippen molar-refractivity contribution in [2.45, 2.75) is 61.2 Å². The van der Waals surface area contributed by atoms with Gasteiger partial charge in [0.1, 0.15) is 0 Å². The van der Waals surface area contributed by atoms with E-state index in [1.54, 1.807) is 0 Å². The normalized spacial score (nSPS) is 14.1. The molecule has 178 valence electrons. The molecule has 0 amide bonds. The zero-order valence-corrected chi connectivity index (χ0v) is 19.1. The first-order valence-corrected chi connectivity index (χ1v) is 12.1. The predicted molar refractivity (Wildman–Crippen MR) is 112 cm³/mol. The third kappa shape index (κ3) is 6.20. The first kappa shape index (κ1) is 26.5. The van der Waals surface area contributed by atoms with E-state index in [4.69, 9.17) is 5.14 Å². The fourth-order valence-corrected chi connectivity index (χ4v) is 5.17. The summed E-state index contributed by atoms with van der Waals surface area (Å²) in [5.41, 5.74) is -2.02. The Balaban J connectivity index is 2.32. The third-order valence-corrected chi connectivity index (χ3v) is 7.40. The zero-order chi connectivity index (χ0) is 24.5. The van der Waals surface area contributed by atoms with Crippen LogP contribution in [0.2, 0.25) is 0 Å². The number of hydrogen-bond donors (Lipinski definition) is 1. The van der Waals surface area contributed by atoms with Crippen molar-refractivity contribution in [2.24, 2.45) is 5.14 Å². The van der Waals surface area contributed by atoms with Crippen molar-refractivity contribution >= 4 is 21.8 Å². The molecule has 0 fully saturated rings. The van der Waals surface area contributed by atoms with E-state index < -0.39 is 50.9 Å². The monoisotopic (exact) mass is 499 g/mol. The van der Waals surface area contributed by atoms with Crippen LogP contribution in [-0.4, -0.2) is 14.2 Å². The smallest absolute Gasteiger partial charge is 0.274 e. The number of alkyl halides is 6. The van der Waals surface area contributed by atoms with Crippen molar-refractivity contribution in [2.75, 3.05) is 5.75 Å². The van der Waals surface area contributed by atoms with Crippen molar-refractivity contribution in [1.29, 1.82) is 0 Å². The van der Waals surface area contributed by atoms with Crippen molar-refractivity contribution in [3.8, 4) is 0 Å². The van der Waals surface area contributed by atoms with Gasteiger partial charge in [0.15, 0.2) is 9.84 Å². The van der Waals surface area contributed by atoms with Crippen LogP contribution in [-0.2, 0) is 22.2 Å². The molecule has 32 heavy (non-hydrogen) atoms. The Labute approximate surface area is 187 Å². The highest BCUT2D eigenvalue weighted by Crippen LogP contribution is 2.39. The maximum Gasteiger partial charge on any atom is 0.416 e. The zero-order valence-electron chi connectivity index (χ0n) is 17.5. The van der Waals surface area contributed by atoms with Crippen LogP contribution < -0.4 is 5.14 Å². The summed E-state index contributed by atoms with van der Waals surface area (Å²) >= 11 is 0.665. The van der Waals surface area contributed by atoms with Gasteiger partial charge in [-0.15, -0.1) is 0 Å². The van der Waals surface area contributed by atoms with Crippen LogP contribution in [0.3, 0.4) is 0 Å². The number of halogens is 6. The van der Waals surface area contributed by atoms with Crippen molar-refractivity contribution < 1.29 is 34.8 Å². The van der Waals surface area contributed by atoms with Crippen molar-refractivity contribution in [3.05, 3.63) is 58.7 Å². The lowest BCUT2D eigenvalue weighted by Crippen LogP contribution is -2.15. The highest BCUT2D eigenvalue weighted by Gasteiger charge is 2.36. The fourth-order valence-electron chi connectivity index (χ4n) is 3.36. The lowest BCUT2D eigenvalue weighted by atomic mass is 9.93. The third-order valence-electron chi connectivity index (χ3n) is 5.13. The van der Waals surface area contributed by atoms with Gasteiger partial charge in [-0.05, 0) is 71.7 Å². The minimum atomic E-state index is -4.65. The molecule has 0 spiro atoms. The maximum atomic E-state index is 13.5. The fraction of sp³-hybridized carbons (Fsp3) is 0.429. The van der Waals surface area contributed by atoms with Gasteiger partial charge < -0.3 is 0 Å². The molecule has 0 heterocycles. The average Bonchev–Trinajstić information content (AvgIpc) is 2.69. The Morgan fingerprint density at radius 2 is 1.47 bits per heavy atom. The van der Waals surface area contributed by atoms with Gasteiger partial charge in [-0.25, -0.2) is 8.42 Å². The van der Waals surface area contributed by atoms with Gasteiger partial charge >= 0.3 is 12.4 Å². The lowest BCUT2D eigenvalue weighted by molar-refractivity contribution is -0.139. The summed E-state index contributed by atoms with van der Waals surface area (Å²) < 4.78 is 106. The topological polar surface area (TPSA) is 60.2 Å². The van der Waals surface area contributed by atoms with Crippen LogP contribution in [0.4, 0.5) is 26.3 Å². The van der Waals surface area contributed by atoms with E-state index in [9.17, 15) is 34.8 Å². The first-order valence-electron chi connectivity index (χ1n) is 9.59. The van der Waals surface area contributed by atoms with E-state index in [2.05, 4.69) is 0 Å². The molecule has 11 heteroatoms. The van der Waals surface area contributed by atoms with Gasteiger partial charge in [-0.1, -0.05) is 26.8 Å². The predicted octanol–water partition coefficient (Wildman–Crippen LogP) is 6.78. The second-order valence-corrected chi connectivity index (χ2v) is 10.6. The molecule has 0 aliphatic heterocycles. The van der Waals surface area contributed by atoms with E-state index in [0.717, 1.165) is 24.3 Å². The van der Waals surface area contributed by atoms with Crippen LogP contribution in [0.1, 0.15) is 61.3 Å². The number of nitrogens with two attached hydrogens (primary N) is 1. The van der Waals surface area contributed by atoms with Crippen LogP contribution in [0, 0.1) is 0 Å². The van der Waals surface area contributed by atoms with Crippen LogP contribution in [0.15, 0.2) is 46.2 Å². The molecular formula is C21H23F6NO2S2. The van der Waals surface area contributed by atoms with E-state index in [1.165, 1.54) is 32.9 Å². The van der Waals surface area contributed by atoms with Gasteiger partial charge in [0.05, 0.1) is 21.8 Å². The molecule has 0 radical (unpaired) electrons. The van der Waals surface area contributed by atoms with Crippen LogP contribution in [0.25, 0.3) is 0 Å². The van der Waals surface area contributed by atoms with E-state index >= 15 is 0 Å². The second-order valence-electron chi connectivity index (χ2n) is 7.77. The molecule has 0 saturated heterocycles. The highest BCUT2D eigenvalue weighted by atomic mass is 32.2. The molecule has 0 saturated carbocycles. The van der Waals surface area contributed by atoms with E-state index in [0.29, 0.717) is 11.9 Å². The van der Waals surface area contributed by atoms with Gasteiger partial charge in [0.2, 0.25) is 0 Å². The molecule has 2 N–H and O–H groups in total. The molecule has 0 bridgehead atoms. The number of rotatable bonds is 7. The van der Waals surface area contributed by atoms with Crippen molar-refractivity contribution in [1.82, 2.24) is 0 Å².